The van der Waals surface area contributed by atoms with Crippen LogP contribution in [-0.2, 0) is 0 Å². The molecule has 1 aromatic heterocycles. The molecule has 0 aromatic carbocycles. The van der Waals surface area contributed by atoms with Crippen molar-refractivity contribution in [2.75, 3.05) is 26.2 Å². The second-order valence-corrected chi connectivity index (χ2v) is 8.98. The van der Waals surface area contributed by atoms with Crippen molar-refractivity contribution in [3.8, 4) is 0 Å². The van der Waals surface area contributed by atoms with Gasteiger partial charge in [-0.15, -0.1) is 12.4 Å². The van der Waals surface area contributed by atoms with E-state index in [1.807, 2.05) is 0 Å². The molecule has 1 amide bonds. The number of amides is 1. The first-order valence-electron chi connectivity index (χ1n) is 12.0. The average Bonchev–Trinajstić information content (AvgIpc) is 2.76. The fourth-order valence-electron chi connectivity index (χ4n) is 4.12. The molecule has 1 fully saturated rings. The molecule has 6 nitrogen and oxygen atoms in total. The summed E-state index contributed by atoms with van der Waals surface area (Å²) in [5, 5.41) is 6.45. The van der Waals surface area contributed by atoms with Crippen LogP contribution in [0.1, 0.15) is 82.0 Å². The van der Waals surface area contributed by atoms with Gasteiger partial charge in [0.25, 0.3) is 5.91 Å². The zero-order valence-corrected chi connectivity index (χ0v) is 20.3. The van der Waals surface area contributed by atoms with Gasteiger partial charge in [0.15, 0.2) is 0 Å². The van der Waals surface area contributed by atoms with Crippen molar-refractivity contribution < 1.29 is 4.79 Å². The van der Waals surface area contributed by atoms with Crippen LogP contribution in [-0.4, -0.2) is 60.1 Å². The Labute approximate surface area is 195 Å². The first-order valence-corrected chi connectivity index (χ1v) is 12.0. The summed E-state index contributed by atoms with van der Waals surface area (Å²) in [6.45, 7) is 8.71. The summed E-state index contributed by atoms with van der Waals surface area (Å²) in [6.07, 6.45) is 14.6. The molecule has 3 unspecified atom stereocenters. The van der Waals surface area contributed by atoms with E-state index < -0.39 is 0 Å². The molecule has 2 heterocycles. The molecule has 1 saturated heterocycles. The number of halogens is 1. The first-order chi connectivity index (χ1) is 14.6. The van der Waals surface area contributed by atoms with E-state index in [1.165, 1.54) is 58.0 Å². The Kier molecular flexibility index (Phi) is 14.7. The molecule has 0 saturated carbocycles. The summed E-state index contributed by atoms with van der Waals surface area (Å²) in [7, 11) is 0. The lowest BCUT2D eigenvalue weighted by atomic mass is 10.0. The minimum atomic E-state index is -0.0977. The summed E-state index contributed by atoms with van der Waals surface area (Å²) in [5.74, 6) is -0.0977. The third-order valence-corrected chi connectivity index (χ3v) is 6.11. The Morgan fingerprint density at radius 1 is 1.19 bits per heavy atom. The van der Waals surface area contributed by atoms with Gasteiger partial charge in [-0.3, -0.25) is 14.7 Å². The number of piperazine rings is 1. The Morgan fingerprint density at radius 2 is 1.87 bits per heavy atom. The summed E-state index contributed by atoms with van der Waals surface area (Å²) < 4.78 is 0. The second kappa shape index (κ2) is 16.4. The summed E-state index contributed by atoms with van der Waals surface area (Å²) in [6, 6.07) is 4.87. The van der Waals surface area contributed by atoms with E-state index in [2.05, 4.69) is 34.4 Å². The average molecular weight is 454 g/mol. The summed E-state index contributed by atoms with van der Waals surface area (Å²) in [5.41, 5.74) is 6.72. The molecule has 0 aliphatic carbocycles. The zero-order valence-electron chi connectivity index (χ0n) is 19.5. The number of nitrogens with zero attached hydrogens (tertiary/aromatic N) is 2. The predicted octanol–water partition coefficient (Wildman–Crippen LogP) is 3.75. The van der Waals surface area contributed by atoms with Crippen LogP contribution in [0.15, 0.2) is 24.5 Å². The number of carbonyl (C=O) groups is 1. The Balaban J connectivity index is 0.00000480. The van der Waals surface area contributed by atoms with Crippen LogP contribution in [0.5, 0.6) is 0 Å². The highest BCUT2D eigenvalue weighted by Crippen LogP contribution is 2.12. The number of hydrogen-bond donors (Lipinski definition) is 3. The van der Waals surface area contributed by atoms with Crippen LogP contribution in [0.25, 0.3) is 0 Å². The molecule has 1 aromatic rings. The van der Waals surface area contributed by atoms with E-state index >= 15 is 0 Å². The fraction of sp³-hybridized carbons (Fsp3) is 0.750. The number of nitrogens with one attached hydrogen (secondary N) is 2. The van der Waals surface area contributed by atoms with E-state index in [-0.39, 0.29) is 24.4 Å². The molecule has 178 valence electrons. The minimum Gasteiger partial charge on any atom is -0.350 e. The Morgan fingerprint density at radius 3 is 2.55 bits per heavy atom. The SMILES string of the molecule is CC1CN(CCCCCCCCCCC(N)CNC(=O)c2cccnc2)C(C)CN1.Cl. The molecule has 0 spiro atoms. The van der Waals surface area contributed by atoms with Gasteiger partial charge < -0.3 is 16.4 Å². The molecule has 1 aliphatic heterocycles. The topological polar surface area (TPSA) is 83.3 Å². The number of unbranched alkanes of at least 4 members (excludes halogenated alkanes) is 7. The molecule has 0 bridgehead atoms. The molecule has 4 N–H and O–H groups in total. The van der Waals surface area contributed by atoms with Gasteiger partial charge in [-0.1, -0.05) is 44.9 Å². The van der Waals surface area contributed by atoms with Crippen LogP contribution in [0, 0.1) is 0 Å². The van der Waals surface area contributed by atoms with Crippen molar-refractivity contribution >= 4 is 18.3 Å². The quantitative estimate of drug-likeness (QED) is 0.373. The van der Waals surface area contributed by atoms with Crippen molar-refractivity contribution in [2.45, 2.75) is 89.8 Å². The summed E-state index contributed by atoms with van der Waals surface area (Å²) in [4.78, 5) is 18.6. The van der Waals surface area contributed by atoms with Gasteiger partial charge >= 0.3 is 0 Å². The van der Waals surface area contributed by atoms with Crippen molar-refractivity contribution in [1.29, 1.82) is 0 Å². The molecular weight excluding hydrogens is 410 g/mol. The molecule has 2 rings (SSSR count). The highest BCUT2D eigenvalue weighted by molar-refractivity contribution is 5.93. The van der Waals surface area contributed by atoms with Gasteiger partial charge in [-0.25, -0.2) is 0 Å². The molecule has 31 heavy (non-hydrogen) atoms. The van der Waals surface area contributed by atoms with Crippen molar-refractivity contribution in [3.63, 3.8) is 0 Å². The lowest BCUT2D eigenvalue weighted by Crippen LogP contribution is -2.54. The maximum absolute atomic E-state index is 12.0. The number of pyridine rings is 1. The zero-order chi connectivity index (χ0) is 21.6. The predicted molar refractivity (Wildman–Crippen MR) is 132 cm³/mol. The van der Waals surface area contributed by atoms with E-state index in [1.54, 1.807) is 24.5 Å². The highest BCUT2D eigenvalue weighted by atomic mass is 35.5. The number of hydrogen-bond acceptors (Lipinski definition) is 5. The smallest absolute Gasteiger partial charge is 0.252 e. The van der Waals surface area contributed by atoms with Crippen molar-refractivity contribution in [3.05, 3.63) is 30.1 Å². The molecule has 7 heteroatoms. The highest BCUT2D eigenvalue weighted by Gasteiger charge is 2.21. The van der Waals surface area contributed by atoms with Gasteiger partial charge in [-0.2, -0.15) is 0 Å². The van der Waals surface area contributed by atoms with E-state index in [9.17, 15) is 4.79 Å². The Bertz CT molecular complexity index is 589. The standard InChI is InChI=1S/C24H43N5O.ClH/c1-20-19-29(21(2)16-27-20)15-10-8-6-4-3-5-7-9-13-23(25)18-28-24(30)22-12-11-14-26-17-22;/h11-12,14,17,20-21,23,27H,3-10,13,15-16,18-19,25H2,1-2H3,(H,28,30);1H. The van der Waals surface area contributed by atoms with Gasteiger partial charge in [0.2, 0.25) is 0 Å². The van der Waals surface area contributed by atoms with Crippen LogP contribution >= 0.6 is 12.4 Å². The second-order valence-electron chi connectivity index (χ2n) is 8.98. The number of carbonyl (C=O) groups excluding carboxylic acids is 1. The van der Waals surface area contributed by atoms with Gasteiger partial charge in [-0.05, 0) is 45.4 Å². The van der Waals surface area contributed by atoms with E-state index in [0.717, 1.165) is 19.4 Å². The maximum Gasteiger partial charge on any atom is 0.252 e. The van der Waals surface area contributed by atoms with Gasteiger partial charge in [0.05, 0.1) is 5.56 Å². The molecule has 1 aliphatic rings. The van der Waals surface area contributed by atoms with Crippen LogP contribution in [0.4, 0.5) is 0 Å². The van der Waals surface area contributed by atoms with Crippen LogP contribution in [0.3, 0.4) is 0 Å². The lowest BCUT2D eigenvalue weighted by Gasteiger charge is -2.37. The van der Waals surface area contributed by atoms with Gasteiger partial charge in [0.1, 0.15) is 0 Å². The largest absolute Gasteiger partial charge is 0.350 e. The minimum absolute atomic E-state index is 0. The van der Waals surface area contributed by atoms with Crippen molar-refractivity contribution in [1.82, 2.24) is 20.5 Å². The lowest BCUT2D eigenvalue weighted by molar-refractivity contribution is 0.0950. The molecule has 0 radical (unpaired) electrons. The molecular formula is C24H44ClN5O. The van der Waals surface area contributed by atoms with E-state index in [4.69, 9.17) is 5.73 Å². The Hall–Kier alpha value is -1.21. The van der Waals surface area contributed by atoms with Gasteiger partial charge in [0, 0.05) is 50.2 Å². The van der Waals surface area contributed by atoms with Crippen LogP contribution < -0.4 is 16.4 Å². The monoisotopic (exact) mass is 453 g/mol. The third-order valence-electron chi connectivity index (χ3n) is 6.11. The van der Waals surface area contributed by atoms with Crippen LogP contribution in [0.2, 0.25) is 0 Å². The summed E-state index contributed by atoms with van der Waals surface area (Å²) >= 11 is 0. The fourth-order valence-corrected chi connectivity index (χ4v) is 4.12. The van der Waals surface area contributed by atoms with Crippen molar-refractivity contribution in [2.24, 2.45) is 5.73 Å². The first kappa shape index (κ1) is 27.8. The number of rotatable bonds is 14. The maximum atomic E-state index is 12.0. The van der Waals surface area contributed by atoms with E-state index in [0.29, 0.717) is 24.2 Å². The third kappa shape index (κ3) is 11.8. The molecule has 3 atom stereocenters. The normalized spacial score (nSPS) is 20.1. The number of nitrogens with two attached hydrogens (primary N) is 1. The number of aromatic nitrogens is 1.